The Labute approximate surface area is 174 Å². The normalized spacial score (nSPS) is 25.7. The maximum absolute atomic E-state index is 13.2. The van der Waals surface area contributed by atoms with Gasteiger partial charge < -0.3 is 15.0 Å². The first-order valence-electron chi connectivity index (χ1n) is 9.69. The van der Waals surface area contributed by atoms with Gasteiger partial charge in [-0.05, 0) is 49.4 Å². The number of ether oxygens (including phenoxy) is 1. The van der Waals surface area contributed by atoms with E-state index >= 15 is 0 Å². The second-order valence-corrected chi connectivity index (χ2v) is 7.59. The Hall–Kier alpha value is -0.850. The Morgan fingerprint density at radius 2 is 1.63 bits per heavy atom. The number of benzene rings is 1. The Morgan fingerprint density at radius 1 is 1.00 bits per heavy atom. The van der Waals surface area contributed by atoms with Crippen LogP contribution in [0, 0.1) is 11.8 Å². The summed E-state index contributed by atoms with van der Waals surface area (Å²) >= 11 is 0. The van der Waals surface area contributed by atoms with Crippen molar-refractivity contribution in [2.45, 2.75) is 19.4 Å². The summed E-state index contributed by atoms with van der Waals surface area (Å²) < 4.78 is 5.44. The summed E-state index contributed by atoms with van der Waals surface area (Å²) in [5, 5.41) is 3.50. The van der Waals surface area contributed by atoms with Gasteiger partial charge in [0.25, 0.3) is 5.91 Å². The van der Waals surface area contributed by atoms with E-state index in [2.05, 4.69) is 21.2 Å². The van der Waals surface area contributed by atoms with Crippen molar-refractivity contribution in [3.63, 3.8) is 0 Å². The van der Waals surface area contributed by atoms with Gasteiger partial charge in [-0.2, -0.15) is 0 Å². The molecule has 5 nitrogen and oxygen atoms in total. The van der Waals surface area contributed by atoms with Crippen LogP contribution in [0.3, 0.4) is 0 Å². The van der Waals surface area contributed by atoms with Crippen LogP contribution in [-0.2, 0) is 11.3 Å². The lowest BCUT2D eigenvalue weighted by atomic mass is 9.92. The topological polar surface area (TPSA) is 44.8 Å². The number of rotatable bonds is 3. The lowest BCUT2D eigenvalue weighted by Gasteiger charge is -2.28. The zero-order chi connectivity index (χ0) is 17.1. The van der Waals surface area contributed by atoms with Gasteiger partial charge in [-0.3, -0.25) is 9.69 Å². The van der Waals surface area contributed by atoms with Gasteiger partial charge in [0, 0.05) is 38.3 Å². The van der Waals surface area contributed by atoms with Crippen LogP contribution in [0.15, 0.2) is 24.3 Å². The van der Waals surface area contributed by atoms with Crippen molar-refractivity contribution in [3.05, 3.63) is 35.4 Å². The third kappa shape index (κ3) is 5.36. The number of nitrogens with zero attached hydrogens (tertiary/aromatic N) is 2. The number of carbonyl (C=O) groups is 1. The Morgan fingerprint density at radius 3 is 2.30 bits per heavy atom. The SMILES string of the molecule is Cl.Cl.O=C(c1ccccc1CN1CCOCC1)N1CC[C@@H]2CNC[C@@H]2CC1. The summed E-state index contributed by atoms with van der Waals surface area (Å²) in [6, 6.07) is 8.15. The van der Waals surface area contributed by atoms with Crippen molar-refractivity contribution in [3.8, 4) is 0 Å². The highest BCUT2D eigenvalue weighted by Crippen LogP contribution is 2.28. The molecule has 7 heteroatoms. The van der Waals surface area contributed by atoms with Gasteiger partial charge in [0.2, 0.25) is 0 Å². The van der Waals surface area contributed by atoms with E-state index in [0.29, 0.717) is 0 Å². The maximum Gasteiger partial charge on any atom is 0.254 e. The molecule has 3 saturated heterocycles. The molecular formula is C20H31Cl2N3O2. The maximum atomic E-state index is 13.2. The Bertz CT molecular complexity index is 597. The van der Waals surface area contributed by atoms with Crippen LogP contribution in [0.5, 0.6) is 0 Å². The molecule has 4 rings (SSSR count). The fourth-order valence-electron chi connectivity index (χ4n) is 4.46. The van der Waals surface area contributed by atoms with Gasteiger partial charge in [-0.15, -0.1) is 24.8 Å². The first-order valence-corrected chi connectivity index (χ1v) is 9.69. The number of morpholine rings is 1. The summed E-state index contributed by atoms with van der Waals surface area (Å²) in [5.41, 5.74) is 2.04. The van der Waals surface area contributed by atoms with Gasteiger partial charge in [0.15, 0.2) is 0 Å². The molecule has 0 unspecified atom stereocenters. The standard InChI is InChI=1S/C20H29N3O2.2ClH/c24-20(23-7-5-16-13-21-14-17(16)6-8-23)19-4-2-1-3-18(19)15-22-9-11-25-12-10-22;;/h1-4,16-17,21H,5-15H2;2*1H/t16-,17+;;. The minimum atomic E-state index is 0. The molecule has 27 heavy (non-hydrogen) atoms. The molecule has 3 aliphatic rings. The number of nitrogens with one attached hydrogen (secondary N) is 1. The summed E-state index contributed by atoms with van der Waals surface area (Å²) in [4.78, 5) is 17.7. The molecular weight excluding hydrogens is 385 g/mol. The molecule has 1 aromatic carbocycles. The fourth-order valence-corrected chi connectivity index (χ4v) is 4.46. The number of likely N-dealkylation sites (tertiary alicyclic amines) is 1. The second kappa shape index (κ2) is 10.6. The van der Waals surface area contributed by atoms with E-state index in [1.54, 1.807) is 0 Å². The molecule has 0 saturated carbocycles. The van der Waals surface area contributed by atoms with Crippen molar-refractivity contribution in [1.82, 2.24) is 15.1 Å². The average Bonchev–Trinajstić information content (AvgIpc) is 3.01. The minimum absolute atomic E-state index is 0. The molecule has 152 valence electrons. The lowest BCUT2D eigenvalue weighted by molar-refractivity contribution is 0.0340. The van der Waals surface area contributed by atoms with Gasteiger partial charge in [0.05, 0.1) is 13.2 Å². The molecule has 0 bridgehead atoms. The van der Waals surface area contributed by atoms with E-state index in [-0.39, 0.29) is 30.7 Å². The van der Waals surface area contributed by atoms with Crippen LogP contribution >= 0.6 is 24.8 Å². The predicted octanol–water partition coefficient (Wildman–Crippen LogP) is 2.43. The van der Waals surface area contributed by atoms with Gasteiger partial charge in [-0.25, -0.2) is 0 Å². The molecule has 3 fully saturated rings. The molecule has 1 N–H and O–H groups in total. The molecule has 0 aliphatic carbocycles. The van der Waals surface area contributed by atoms with Crippen molar-refractivity contribution in [2.75, 3.05) is 52.5 Å². The first-order chi connectivity index (χ1) is 12.3. The van der Waals surface area contributed by atoms with E-state index in [1.165, 1.54) is 0 Å². The average molecular weight is 416 g/mol. The van der Waals surface area contributed by atoms with E-state index in [1.807, 2.05) is 18.2 Å². The van der Waals surface area contributed by atoms with Gasteiger partial charge in [0.1, 0.15) is 0 Å². The van der Waals surface area contributed by atoms with E-state index in [9.17, 15) is 4.79 Å². The van der Waals surface area contributed by atoms with Crippen LogP contribution < -0.4 is 5.32 Å². The smallest absolute Gasteiger partial charge is 0.254 e. The van der Waals surface area contributed by atoms with Crippen molar-refractivity contribution in [1.29, 1.82) is 0 Å². The summed E-state index contributed by atoms with van der Waals surface area (Å²) in [5.74, 6) is 1.72. The van der Waals surface area contributed by atoms with Gasteiger partial charge in [-0.1, -0.05) is 18.2 Å². The van der Waals surface area contributed by atoms with Crippen molar-refractivity contribution in [2.24, 2.45) is 11.8 Å². The molecule has 3 aliphatic heterocycles. The number of hydrogen-bond donors (Lipinski definition) is 1. The Balaban J connectivity index is 0.00000131. The van der Waals surface area contributed by atoms with Crippen LogP contribution in [0.4, 0.5) is 0 Å². The van der Waals surface area contributed by atoms with Crippen LogP contribution in [-0.4, -0.2) is 68.2 Å². The third-order valence-corrected chi connectivity index (χ3v) is 6.05. The summed E-state index contributed by atoms with van der Waals surface area (Å²) in [6.07, 6.45) is 2.27. The molecule has 0 spiro atoms. The van der Waals surface area contributed by atoms with Crippen molar-refractivity contribution < 1.29 is 9.53 Å². The van der Waals surface area contributed by atoms with Crippen LogP contribution in [0.1, 0.15) is 28.8 Å². The molecule has 0 aromatic heterocycles. The molecule has 0 radical (unpaired) electrons. The van der Waals surface area contributed by atoms with Crippen LogP contribution in [0.2, 0.25) is 0 Å². The summed E-state index contributed by atoms with van der Waals surface area (Å²) in [6.45, 7) is 8.36. The highest BCUT2D eigenvalue weighted by Gasteiger charge is 2.32. The van der Waals surface area contributed by atoms with Crippen molar-refractivity contribution >= 4 is 30.7 Å². The molecule has 2 atom stereocenters. The number of carbonyl (C=O) groups excluding carboxylic acids is 1. The lowest BCUT2D eigenvalue weighted by Crippen LogP contribution is -2.37. The third-order valence-electron chi connectivity index (χ3n) is 6.05. The largest absolute Gasteiger partial charge is 0.379 e. The monoisotopic (exact) mass is 415 g/mol. The minimum Gasteiger partial charge on any atom is -0.379 e. The zero-order valence-electron chi connectivity index (χ0n) is 15.8. The molecule has 1 amide bonds. The zero-order valence-corrected chi connectivity index (χ0v) is 17.4. The van der Waals surface area contributed by atoms with Gasteiger partial charge >= 0.3 is 0 Å². The predicted molar refractivity (Wildman–Crippen MR) is 112 cm³/mol. The fraction of sp³-hybridized carbons (Fsp3) is 0.650. The Kier molecular flexibility index (Phi) is 8.83. The number of amides is 1. The second-order valence-electron chi connectivity index (χ2n) is 7.59. The highest BCUT2D eigenvalue weighted by atomic mass is 35.5. The number of fused-ring (bicyclic) bond motifs is 1. The van der Waals surface area contributed by atoms with E-state index in [0.717, 1.165) is 94.8 Å². The van der Waals surface area contributed by atoms with E-state index in [4.69, 9.17) is 4.74 Å². The summed E-state index contributed by atoms with van der Waals surface area (Å²) in [7, 11) is 0. The molecule has 3 heterocycles. The van der Waals surface area contributed by atoms with E-state index < -0.39 is 0 Å². The van der Waals surface area contributed by atoms with Crippen LogP contribution in [0.25, 0.3) is 0 Å². The number of hydrogen-bond acceptors (Lipinski definition) is 4. The quantitative estimate of drug-likeness (QED) is 0.822. The molecule has 1 aromatic rings. The first kappa shape index (κ1) is 22.4. The highest BCUT2D eigenvalue weighted by molar-refractivity contribution is 5.95. The number of halogens is 2.